The minimum atomic E-state index is -0.698. The van der Waals surface area contributed by atoms with Gasteiger partial charge in [-0.1, -0.05) is 19.4 Å². The number of nitrogens with zero attached hydrogens (tertiary/aromatic N) is 2. The molecular weight excluding hydrogens is 344 g/mol. The molecule has 0 heterocycles. The van der Waals surface area contributed by atoms with Crippen LogP contribution in [0.5, 0.6) is 0 Å². The molecule has 1 aromatic carbocycles. The normalized spacial score (nSPS) is 22.0. The summed E-state index contributed by atoms with van der Waals surface area (Å²) in [6.45, 7) is 4.90. The van der Waals surface area contributed by atoms with E-state index in [9.17, 15) is 4.21 Å². The van der Waals surface area contributed by atoms with Crippen LogP contribution < -0.4 is 15.5 Å². The molecule has 3 atom stereocenters. The number of rotatable bonds is 6. The first-order chi connectivity index (χ1) is 12.4. The van der Waals surface area contributed by atoms with Crippen molar-refractivity contribution >= 4 is 22.4 Å². The number of anilines is 1. The summed E-state index contributed by atoms with van der Waals surface area (Å²) in [5, 5.41) is 7.28. The summed E-state index contributed by atoms with van der Waals surface area (Å²) >= 11 is 0. The summed E-state index contributed by atoms with van der Waals surface area (Å²) < 4.78 is 12.1. The van der Waals surface area contributed by atoms with E-state index in [1.807, 2.05) is 14.0 Å². The molecule has 1 aliphatic carbocycles. The fourth-order valence-electron chi connectivity index (χ4n) is 3.47. The van der Waals surface area contributed by atoms with Crippen LogP contribution in [0.25, 0.3) is 0 Å². The predicted molar refractivity (Wildman–Crippen MR) is 114 cm³/mol. The van der Waals surface area contributed by atoms with Gasteiger partial charge in [0, 0.05) is 61.2 Å². The van der Waals surface area contributed by atoms with E-state index in [2.05, 4.69) is 59.7 Å². The standard InChI is InChI=1S/C20H34N4OS/c1-6-26(25)19-9-7-8-17(13-19)23-20(21-3)22-14-16-10-11-18(24(4)5)12-15(16)2/h10-12,17,19H,6-9,13-14H2,1-5H3,(H2,21,22,23). The first-order valence-corrected chi connectivity index (χ1v) is 10.9. The Hall–Kier alpha value is -1.56. The van der Waals surface area contributed by atoms with Gasteiger partial charge in [-0.25, -0.2) is 0 Å². The maximum atomic E-state index is 12.1. The molecule has 0 amide bonds. The van der Waals surface area contributed by atoms with E-state index in [1.165, 1.54) is 16.8 Å². The third-order valence-corrected chi connectivity index (χ3v) is 6.88. The Labute approximate surface area is 161 Å². The van der Waals surface area contributed by atoms with Crippen molar-refractivity contribution in [1.82, 2.24) is 10.6 Å². The lowest BCUT2D eigenvalue weighted by molar-refractivity contribution is 0.413. The summed E-state index contributed by atoms with van der Waals surface area (Å²) in [5.41, 5.74) is 3.76. The largest absolute Gasteiger partial charge is 0.378 e. The minimum Gasteiger partial charge on any atom is -0.378 e. The number of hydrogen-bond acceptors (Lipinski definition) is 3. The van der Waals surface area contributed by atoms with Crippen molar-refractivity contribution in [1.29, 1.82) is 0 Å². The van der Waals surface area contributed by atoms with Gasteiger partial charge in [0.1, 0.15) is 0 Å². The van der Waals surface area contributed by atoms with Gasteiger partial charge in [-0.05, 0) is 49.4 Å². The predicted octanol–water partition coefficient (Wildman–Crippen LogP) is 2.81. The van der Waals surface area contributed by atoms with Gasteiger partial charge < -0.3 is 15.5 Å². The van der Waals surface area contributed by atoms with Crippen LogP contribution in [0.2, 0.25) is 0 Å². The highest BCUT2D eigenvalue weighted by atomic mass is 32.2. The Bertz CT molecular complexity index is 645. The van der Waals surface area contributed by atoms with E-state index in [4.69, 9.17) is 0 Å². The lowest BCUT2D eigenvalue weighted by Crippen LogP contribution is -2.46. The monoisotopic (exact) mass is 378 g/mol. The molecule has 0 radical (unpaired) electrons. The van der Waals surface area contributed by atoms with E-state index < -0.39 is 10.8 Å². The van der Waals surface area contributed by atoms with Crippen LogP contribution in [-0.2, 0) is 17.3 Å². The minimum absolute atomic E-state index is 0.324. The molecule has 2 rings (SSSR count). The second-order valence-electron chi connectivity index (χ2n) is 7.23. The maximum Gasteiger partial charge on any atom is 0.191 e. The van der Waals surface area contributed by atoms with Crippen molar-refractivity contribution in [2.24, 2.45) is 4.99 Å². The molecule has 26 heavy (non-hydrogen) atoms. The Morgan fingerprint density at radius 2 is 2.12 bits per heavy atom. The first-order valence-electron chi connectivity index (χ1n) is 9.55. The smallest absolute Gasteiger partial charge is 0.191 e. The highest BCUT2D eigenvalue weighted by molar-refractivity contribution is 7.85. The molecular formula is C20H34N4OS. The van der Waals surface area contributed by atoms with Gasteiger partial charge in [0.05, 0.1) is 0 Å². The molecule has 2 N–H and O–H groups in total. The zero-order chi connectivity index (χ0) is 19.1. The summed E-state index contributed by atoms with van der Waals surface area (Å²) in [6.07, 6.45) is 4.31. The van der Waals surface area contributed by atoms with Crippen molar-refractivity contribution in [3.8, 4) is 0 Å². The Morgan fingerprint density at radius 3 is 2.73 bits per heavy atom. The number of aryl methyl sites for hydroxylation is 1. The summed E-state index contributed by atoms with van der Waals surface area (Å²) in [7, 11) is 5.22. The summed E-state index contributed by atoms with van der Waals surface area (Å²) in [4.78, 5) is 6.49. The second-order valence-corrected chi connectivity index (χ2v) is 9.24. The van der Waals surface area contributed by atoms with Gasteiger partial charge >= 0.3 is 0 Å². The zero-order valence-electron chi connectivity index (χ0n) is 16.8. The van der Waals surface area contributed by atoms with Gasteiger partial charge in [0.2, 0.25) is 0 Å². The van der Waals surface area contributed by atoms with Crippen LogP contribution in [0.1, 0.15) is 43.7 Å². The lowest BCUT2D eigenvalue weighted by atomic mass is 9.95. The van der Waals surface area contributed by atoms with E-state index in [0.717, 1.165) is 43.9 Å². The highest BCUT2D eigenvalue weighted by Crippen LogP contribution is 2.23. The van der Waals surface area contributed by atoms with E-state index in [0.29, 0.717) is 11.3 Å². The number of hydrogen-bond donors (Lipinski definition) is 2. The highest BCUT2D eigenvalue weighted by Gasteiger charge is 2.26. The number of nitrogens with one attached hydrogen (secondary N) is 2. The average Bonchev–Trinajstić information content (AvgIpc) is 2.65. The molecule has 5 nitrogen and oxygen atoms in total. The molecule has 1 fully saturated rings. The van der Waals surface area contributed by atoms with Crippen LogP contribution >= 0.6 is 0 Å². The van der Waals surface area contributed by atoms with Crippen LogP contribution in [-0.4, -0.2) is 48.4 Å². The SMILES string of the molecule is CCS(=O)C1CCCC(NC(=NC)NCc2ccc(N(C)C)cc2C)C1. The van der Waals surface area contributed by atoms with Crippen LogP contribution in [0.4, 0.5) is 5.69 Å². The molecule has 6 heteroatoms. The van der Waals surface area contributed by atoms with Crippen LogP contribution in [0, 0.1) is 6.92 Å². The first kappa shape index (κ1) is 20.7. The molecule has 0 spiro atoms. The van der Waals surface area contributed by atoms with Crippen molar-refractivity contribution in [3.05, 3.63) is 29.3 Å². The fourth-order valence-corrected chi connectivity index (χ4v) is 4.82. The van der Waals surface area contributed by atoms with Crippen LogP contribution in [0.3, 0.4) is 0 Å². The lowest BCUT2D eigenvalue weighted by Gasteiger charge is -2.30. The van der Waals surface area contributed by atoms with Gasteiger partial charge in [0.15, 0.2) is 5.96 Å². The van der Waals surface area contributed by atoms with Gasteiger partial charge in [-0.2, -0.15) is 0 Å². The van der Waals surface area contributed by atoms with Crippen molar-refractivity contribution < 1.29 is 4.21 Å². The van der Waals surface area contributed by atoms with Crippen molar-refractivity contribution in [2.75, 3.05) is 31.8 Å². The van der Waals surface area contributed by atoms with E-state index >= 15 is 0 Å². The topological polar surface area (TPSA) is 56.7 Å². The second kappa shape index (κ2) is 9.95. The van der Waals surface area contributed by atoms with Crippen LogP contribution in [0.15, 0.2) is 23.2 Å². The Balaban J connectivity index is 1.91. The molecule has 146 valence electrons. The maximum absolute atomic E-state index is 12.1. The van der Waals surface area contributed by atoms with Gasteiger partial charge in [-0.15, -0.1) is 0 Å². The number of aliphatic imine (C=N–C) groups is 1. The zero-order valence-corrected chi connectivity index (χ0v) is 17.7. The molecule has 0 saturated heterocycles. The summed E-state index contributed by atoms with van der Waals surface area (Å²) in [6, 6.07) is 6.88. The molecule has 0 aliphatic heterocycles. The van der Waals surface area contributed by atoms with Gasteiger partial charge in [0.25, 0.3) is 0 Å². The van der Waals surface area contributed by atoms with Crippen molar-refractivity contribution in [2.45, 2.75) is 57.4 Å². The van der Waals surface area contributed by atoms with Crippen molar-refractivity contribution in [3.63, 3.8) is 0 Å². The third-order valence-electron chi connectivity index (χ3n) is 5.14. The van der Waals surface area contributed by atoms with E-state index in [-0.39, 0.29) is 0 Å². The average molecular weight is 379 g/mol. The van der Waals surface area contributed by atoms with Gasteiger partial charge in [-0.3, -0.25) is 9.20 Å². The number of benzene rings is 1. The summed E-state index contributed by atoms with van der Waals surface area (Å²) in [5.74, 6) is 1.58. The molecule has 1 aliphatic rings. The number of guanidine groups is 1. The molecule has 1 aromatic rings. The quantitative estimate of drug-likeness (QED) is 0.590. The Kier molecular flexibility index (Phi) is 7.94. The molecule has 0 aromatic heterocycles. The third kappa shape index (κ3) is 5.73. The van der Waals surface area contributed by atoms with E-state index in [1.54, 1.807) is 0 Å². The molecule has 1 saturated carbocycles. The molecule has 0 bridgehead atoms. The Morgan fingerprint density at radius 1 is 1.35 bits per heavy atom. The fraction of sp³-hybridized carbons (Fsp3) is 0.650. The molecule has 3 unspecified atom stereocenters.